The number of hydrogen-bond acceptors (Lipinski definition) is 4. The zero-order valence-electron chi connectivity index (χ0n) is 12.1. The summed E-state index contributed by atoms with van der Waals surface area (Å²) in [5, 5.41) is 14.2. The van der Waals surface area contributed by atoms with Gasteiger partial charge in [0.25, 0.3) is 5.69 Å². The Morgan fingerprint density at radius 2 is 2.00 bits per heavy atom. The number of rotatable bonds is 4. The molecule has 0 radical (unpaired) electrons. The molecule has 0 atom stereocenters. The minimum absolute atomic E-state index is 0.0803. The van der Waals surface area contributed by atoms with E-state index in [0.29, 0.717) is 12.2 Å². The third-order valence-electron chi connectivity index (χ3n) is 3.01. The van der Waals surface area contributed by atoms with Crippen molar-refractivity contribution in [2.45, 2.75) is 32.7 Å². The molecule has 0 amide bonds. The third-order valence-corrected chi connectivity index (χ3v) is 4.84. The average molecular weight is 325 g/mol. The van der Waals surface area contributed by atoms with E-state index in [2.05, 4.69) is 38.2 Å². The van der Waals surface area contributed by atoms with Crippen LogP contribution < -0.4 is 5.32 Å². The summed E-state index contributed by atoms with van der Waals surface area (Å²) in [6, 6.07) is 8.96. The molecule has 6 heteroatoms. The molecule has 21 heavy (non-hydrogen) atoms. The van der Waals surface area contributed by atoms with Gasteiger partial charge in [-0.15, -0.1) is 11.3 Å². The molecule has 0 unspecified atom stereocenters. The van der Waals surface area contributed by atoms with Crippen LogP contribution in [-0.4, -0.2) is 4.92 Å². The lowest BCUT2D eigenvalue weighted by Crippen LogP contribution is -2.07. The Hall–Kier alpha value is -1.59. The van der Waals surface area contributed by atoms with Crippen LogP contribution in [-0.2, 0) is 12.0 Å². The molecule has 0 bridgehead atoms. The molecule has 112 valence electrons. The van der Waals surface area contributed by atoms with E-state index in [9.17, 15) is 10.1 Å². The normalized spacial score (nSPS) is 11.4. The Labute approximate surface area is 132 Å². The summed E-state index contributed by atoms with van der Waals surface area (Å²) in [6.45, 7) is 7.18. The number of nitro benzene ring substituents is 1. The highest BCUT2D eigenvalue weighted by Gasteiger charge is 2.16. The molecule has 1 aromatic heterocycles. The molecule has 0 spiro atoms. The first-order valence-corrected chi connectivity index (χ1v) is 7.74. The second-order valence-electron chi connectivity index (χ2n) is 5.79. The first kappa shape index (κ1) is 15.8. The van der Waals surface area contributed by atoms with Crippen LogP contribution in [0.15, 0.2) is 30.3 Å². The van der Waals surface area contributed by atoms with Gasteiger partial charge in [-0.05, 0) is 29.7 Å². The van der Waals surface area contributed by atoms with Gasteiger partial charge in [0, 0.05) is 28.1 Å². The van der Waals surface area contributed by atoms with E-state index < -0.39 is 4.92 Å². The maximum absolute atomic E-state index is 10.9. The van der Waals surface area contributed by atoms with Crippen LogP contribution in [0.5, 0.6) is 0 Å². The quantitative estimate of drug-likeness (QED) is 0.619. The standard InChI is InChI=1S/C15H17ClN2O2S/c1-15(2,3)14-7-5-11(21-14)9-17-10-4-6-12(16)13(8-10)18(19)20/h4-8,17H,9H2,1-3H3. The van der Waals surface area contributed by atoms with E-state index in [1.165, 1.54) is 21.9 Å². The van der Waals surface area contributed by atoms with Gasteiger partial charge < -0.3 is 5.32 Å². The van der Waals surface area contributed by atoms with Gasteiger partial charge >= 0.3 is 0 Å². The van der Waals surface area contributed by atoms with Gasteiger partial charge in [-0.2, -0.15) is 0 Å². The van der Waals surface area contributed by atoms with Gasteiger partial charge in [0.2, 0.25) is 0 Å². The molecule has 0 aliphatic carbocycles. The Bertz CT molecular complexity index is 662. The summed E-state index contributed by atoms with van der Waals surface area (Å²) >= 11 is 7.54. The van der Waals surface area contributed by atoms with Crippen LogP contribution in [0.4, 0.5) is 11.4 Å². The second-order valence-corrected chi connectivity index (χ2v) is 7.37. The molecule has 1 N–H and O–H groups in total. The summed E-state index contributed by atoms with van der Waals surface area (Å²) in [5.41, 5.74) is 0.752. The first-order valence-electron chi connectivity index (χ1n) is 6.54. The van der Waals surface area contributed by atoms with Crippen LogP contribution in [0, 0.1) is 10.1 Å². The van der Waals surface area contributed by atoms with Crippen molar-refractivity contribution in [1.29, 1.82) is 0 Å². The fourth-order valence-electron chi connectivity index (χ4n) is 1.83. The Kier molecular flexibility index (Phi) is 4.54. The summed E-state index contributed by atoms with van der Waals surface area (Å²) in [4.78, 5) is 12.9. The van der Waals surface area contributed by atoms with E-state index in [-0.39, 0.29) is 16.1 Å². The number of nitro groups is 1. The smallest absolute Gasteiger partial charge is 0.289 e. The molecule has 4 nitrogen and oxygen atoms in total. The van der Waals surface area contributed by atoms with Gasteiger partial charge in [0.1, 0.15) is 5.02 Å². The Morgan fingerprint density at radius 1 is 1.29 bits per heavy atom. The van der Waals surface area contributed by atoms with Crippen molar-refractivity contribution in [2.75, 3.05) is 5.32 Å². The van der Waals surface area contributed by atoms with Gasteiger partial charge in [-0.3, -0.25) is 10.1 Å². The molecule has 0 saturated heterocycles. The van der Waals surface area contributed by atoms with Crippen molar-refractivity contribution in [3.63, 3.8) is 0 Å². The minimum atomic E-state index is -0.476. The van der Waals surface area contributed by atoms with Crippen molar-refractivity contribution in [2.24, 2.45) is 0 Å². The SMILES string of the molecule is CC(C)(C)c1ccc(CNc2ccc(Cl)c([N+](=O)[O-])c2)s1. The Morgan fingerprint density at radius 3 is 2.57 bits per heavy atom. The minimum Gasteiger partial charge on any atom is -0.380 e. The molecule has 1 aromatic carbocycles. The molecule has 1 heterocycles. The molecular formula is C15H17ClN2O2S. The first-order chi connectivity index (χ1) is 9.77. The van der Waals surface area contributed by atoms with Gasteiger partial charge in [-0.1, -0.05) is 32.4 Å². The van der Waals surface area contributed by atoms with Crippen LogP contribution in [0.2, 0.25) is 5.02 Å². The molecule has 0 aliphatic rings. The summed E-state index contributed by atoms with van der Waals surface area (Å²) in [5.74, 6) is 0. The topological polar surface area (TPSA) is 55.2 Å². The maximum atomic E-state index is 10.9. The molecule has 0 saturated carbocycles. The second kappa shape index (κ2) is 6.03. The number of halogens is 1. The lowest BCUT2D eigenvalue weighted by Gasteiger charge is -2.15. The molecule has 0 aliphatic heterocycles. The number of thiophene rings is 1. The highest BCUT2D eigenvalue weighted by Crippen LogP contribution is 2.31. The zero-order chi connectivity index (χ0) is 15.6. The summed E-state index contributed by atoms with van der Waals surface area (Å²) in [6.07, 6.45) is 0. The van der Waals surface area contributed by atoms with E-state index in [0.717, 1.165) is 0 Å². The molecular weight excluding hydrogens is 308 g/mol. The molecule has 2 rings (SSSR count). The van der Waals surface area contributed by atoms with E-state index in [1.54, 1.807) is 17.4 Å². The number of anilines is 1. The fourth-order valence-corrected chi connectivity index (χ4v) is 3.02. The Balaban J connectivity index is 2.08. The van der Waals surface area contributed by atoms with Gasteiger partial charge in [0.05, 0.1) is 4.92 Å². The largest absolute Gasteiger partial charge is 0.380 e. The van der Waals surface area contributed by atoms with Crippen LogP contribution >= 0.6 is 22.9 Å². The van der Waals surface area contributed by atoms with Gasteiger partial charge in [0.15, 0.2) is 0 Å². The van der Waals surface area contributed by atoms with Crippen LogP contribution in [0.3, 0.4) is 0 Å². The van der Waals surface area contributed by atoms with Crippen LogP contribution in [0.1, 0.15) is 30.5 Å². The van der Waals surface area contributed by atoms with Crippen LogP contribution in [0.25, 0.3) is 0 Å². The molecule has 2 aromatic rings. The predicted octanol–water partition coefficient (Wildman–Crippen LogP) is 5.22. The molecule has 0 fully saturated rings. The summed E-state index contributed by atoms with van der Waals surface area (Å²) < 4.78 is 0. The highest BCUT2D eigenvalue weighted by atomic mass is 35.5. The number of benzene rings is 1. The van der Waals surface area contributed by atoms with E-state index in [1.807, 2.05) is 0 Å². The van der Waals surface area contributed by atoms with Crippen molar-refractivity contribution < 1.29 is 4.92 Å². The predicted molar refractivity (Wildman–Crippen MR) is 88.5 cm³/mol. The fraction of sp³-hybridized carbons (Fsp3) is 0.333. The average Bonchev–Trinajstić information content (AvgIpc) is 2.86. The lowest BCUT2D eigenvalue weighted by molar-refractivity contribution is -0.384. The number of hydrogen-bond donors (Lipinski definition) is 1. The lowest BCUT2D eigenvalue weighted by atomic mass is 9.95. The van der Waals surface area contributed by atoms with Crippen molar-refractivity contribution in [3.8, 4) is 0 Å². The number of nitrogens with zero attached hydrogens (tertiary/aromatic N) is 1. The maximum Gasteiger partial charge on any atom is 0.289 e. The van der Waals surface area contributed by atoms with E-state index >= 15 is 0 Å². The highest BCUT2D eigenvalue weighted by molar-refractivity contribution is 7.12. The zero-order valence-corrected chi connectivity index (χ0v) is 13.7. The monoisotopic (exact) mass is 324 g/mol. The van der Waals surface area contributed by atoms with Crippen molar-refractivity contribution in [1.82, 2.24) is 0 Å². The number of nitrogens with one attached hydrogen (secondary N) is 1. The van der Waals surface area contributed by atoms with Crippen molar-refractivity contribution in [3.05, 3.63) is 55.2 Å². The third kappa shape index (κ3) is 3.95. The van der Waals surface area contributed by atoms with E-state index in [4.69, 9.17) is 11.6 Å². The van der Waals surface area contributed by atoms with Gasteiger partial charge in [-0.25, -0.2) is 0 Å². The summed E-state index contributed by atoms with van der Waals surface area (Å²) in [7, 11) is 0. The van der Waals surface area contributed by atoms with Crippen molar-refractivity contribution >= 4 is 34.3 Å².